The minimum Gasteiger partial charge on any atom is -0.456 e. The molecule has 0 bridgehead atoms. The van der Waals surface area contributed by atoms with Crippen molar-refractivity contribution in [2.75, 3.05) is 6.54 Å². The molecule has 1 aromatic heterocycles. The molecule has 24 heavy (non-hydrogen) atoms. The van der Waals surface area contributed by atoms with Gasteiger partial charge < -0.3 is 15.8 Å². The maximum absolute atomic E-state index is 12.0. The summed E-state index contributed by atoms with van der Waals surface area (Å²) in [5.74, 6) is 0.874. The monoisotopic (exact) mass is 391 g/mol. The van der Waals surface area contributed by atoms with Crippen molar-refractivity contribution in [2.45, 2.75) is 19.4 Å². The third-order valence-electron chi connectivity index (χ3n) is 2.78. The van der Waals surface area contributed by atoms with Crippen molar-refractivity contribution in [2.24, 2.45) is 5.73 Å². The Kier molecular flexibility index (Phi) is 9.07. The van der Waals surface area contributed by atoms with Crippen LogP contribution in [0.1, 0.15) is 24.2 Å². The van der Waals surface area contributed by atoms with E-state index in [4.69, 9.17) is 22.1 Å². The van der Waals surface area contributed by atoms with Crippen molar-refractivity contribution in [3.8, 4) is 11.5 Å². The van der Waals surface area contributed by atoms with Crippen molar-refractivity contribution in [3.05, 3.63) is 53.3 Å². The topological polar surface area (TPSA) is 77.2 Å². The largest absolute Gasteiger partial charge is 0.456 e. The van der Waals surface area contributed by atoms with Gasteiger partial charge in [0.15, 0.2) is 0 Å². The van der Waals surface area contributed by atoms with Gasteiger partial charge in [0, 0.05) is 30.0 Å². The van der Waals surface area contributed by atoms with Crippen molar-refractivity contribution < 1.29 is 9.53 Å². The number of pyridine rings is 1. The number of nitrogens with one attached hydrogen (secondary N) is 1. The van der Waals surface area contributed by atoms with E-state index in [2.05, 4.69) is 10.3 Å². The van der Waals surface area contributed by atoms with Crippen LogP contribution in [0.15, 0.2) is 42.7 Å². The third kappa shape index (κ3) is 6.93. The van der Waals surface area contributed by atoms with Crippen LogP contribution in [-0.4, -0.2) is 23.0 Å². The second-order valence-corrected chi connectivity index (χ2v) is 6.01. The molecule has 0 aliphatic heterocycles. The molecule has 1 aromatic carbocycles. The number of hydrogen-bond acceptors (Lipinski definition) is 4. The van der Waals surface area contributed by atoms with Gasteiger partial charge in [-0.05, 0) is 44.2 Å². The zero-order chi connectivity index (χ0) is 16.2. The fourth-order valence-electron chi connectivity index (χ4n) is 1.67. The molecular weight excluding hydrogens is 373 g/mol. The molecule has 5 nitrogen and oxygen atoms in total. The number of carbonyl (C=O) groups excluding carboxylic acids is 1. The number of aromatic nitrogens is 1. The summed E-state index contributed by atoms with van der Waals surface area (Å²) in [6.07, 6.45) is 3.25. The molecule has 0 aliphatic rings. The van der Waals surface area contributed by atoms with Crippen LogP contribution in [-0.2, 0) is 0 Å². The Hall–Kier alpha value is -1.53. The Balaban J connectivity index is 0.00000264. The molecule has 0 atom stereocenters. The molecule has 0 fully saturated rings. The Morgan fingerprint density at radius 1 is 1.25 bits per heavy atom. The molecule has 132 valence electrons. The van der Waals surface area contributed by atoms with Crippen molar-refractivity contribution >= 4 is 42.3 Å². The lowest BCUT2D eigenvalue weighted by Crippen LogP contribution is -2.45. The van der Waals surface area contributed by atoms with Crippen LogP contribution in [0.2, 0.25) is 5.02 Å². The lowest BCUT2D eigenvalue weighted by Gasteiger charge is -2.19. The number of benzene rings is 1. The summed E-state index contributed by atoms with van der Waals surface area (Å²) < 4.78 is 5.63. The second-order valence-electron chi connectivity index (χ2n) is 5.60. The van der Waals surface area contributed by atoms with E-state index in [1.807, 2.05) is 13.8 Å². The van der Waals surface area contributed by atoms with Crippen LogP contribution in [0.5, 0.6) is 11.5 Å². The van der Waals surface area contributed by atoms with E-state index >= 15 is 0 Å². The number of nitrogens with zero attached hydrogens (tertiary/aromatic N) is 1. The molecule has 0 spiro atoms. The Morgan fingerprint density at radius 3 is 2.42 bits per heavy atom. The highest BCUT2D eigenvalue weighted by Gasteiger charge is 2.14. The zero-order valence-corrected chi connectivity index (χ0v) is 15.7. The summed E-state index contributed by atoms with van der Waals surface area (Å²) in [6, 6.07) is 8.32. The van der Waals surface area contributed by atoms with Gasteiger partial charge in [-0.25, -0.2) is 0 Å². The average molecular weight is 393 g/mol. The molecule has 0 aliphatic carbocycles. The first-order chi connectivity index (χ1) is 10.3. The number of rotatable bonds is 5. The first-order valence-corrected chi connectivity index (χ1v) is 7.17. The highest BCUT2D eigenvalue weighted by atomic mass is 35.5. The zero-order valence-electron chi connectivity index (χ0n) is 13.3. The lowest BCUT2D eigenvalue weighted by molar-refractivity contribution is 0.0946. The minimum atomic E-state index is -0.468. The highest BCUT2D eigenvalue weighted by molar-refractivity contribution is 6.32. The van der Waals surface area contributed by atoms with Gasteiger partial charge in [0.2, 0.25) is 0 Å². The molecule has 2 aromatic rings. The van der Waals surface area contributed by atoms with E-state index in [0.29, 0.717) is 28.6 Å². The molecule has 0 saturated carbocycles. The molecular formula is C16H20Cl3N3O2. The fourth-order valence-corrected chi connectivity index (χ4v) is 1.89. The Labute approximate surface area is 158 Å². The van der Waals surface area contributed by atoms with Crippen LogP contribution in [0.4, 0.5) is 0 Å². The van der Waals surface area contributed by atoms with E-state index in [-0.39, 0.29) is 30.7 Å². The van der Waals surface area contributed by atoms with Gasteiger partial charge in [0.05, 0.1) is 5.02 Å². The normalized spacial score (nSPS) is 10.2. The number of halogens is 3. The van der Waals surface area contributed by atoms with Gasteiger partial charge in [-0.15, -0.1) is 24.8 Å². The van der Waals surface area contributed by atoms with E-state index in [9.17, 15) is 4.79 Å². The second kappa shape index (κ2) is 9.69. The SMILES string of the molecule is CC(C)(N)CNC(=O)c1ccc(Oc2ccncc2)c(Cl)c1.Cl.Cl. The number of carbonyl (C=O) groups is 1. The predicted molar refractivity (Wildman–Crippen MR) is 101 cm³/mol. The summed E-state index contributed by atoms with van der Waals surface area (Å²) >= 11 is 6.17. The first-order valence-electron chi connectivity index (χ1n) is 6.80. The number of amides is 1. The summed E-state index contributed by atoms with van der Waals surface area (Å²) in [7, 11) is 0. The molecule has 0 saturated heterocycles. The Morgan fingerprint density at radius 2 is 1.88 bits per heavy atom. The summed E-state index contributed by atoms with van der Waals surface area (Å²) in [5, 5.41) is 3.12. The summed E-state index contributed by atoms with van der Waals surface area (Å²) in [6.45, 7) is 4.05. The van der Waals surface area contributed by atoms with Gasteiger partial charge in [0.1, 0.15) is 11.5 Å². The number of hydrogen-bond donors (Lipinski definition) is 2. The van der Waals surface area contributed by atoms with Gasteiger partial charge in [-0.2, -0.15) is 0 Å². The molecule has 3 N–H and O–H groups in total. The van der Waals surface area contributed by atoms with E-state index in [1.165, 1.54) is 0 Å². The standard InChI is InChI=1S/C16H18ClN3O2.2ClH/c1-16(2,18)10-20-15(21)11-3-4-14(13(17)9-11)22-12-5-7-19-8-6-12;;/h3-9H,10,18H2,1-2H3,(H,20,21);2*1H. The van der Waals surface area contributed by atoms with Crippen molar-refractivity contribution in [3.63, 3.8) is 0 Å². The quantitative estimate of drug-likeness (QED) is 0.810. The van der Waals surface area contributed by atoms with Gasteiger partial charge >= 0.3 is 0 Å². The average Bonchev–Trinajstić information content (AvgIpc) is 2.47. The Bertz CT molecular complexity index is 661. The minimum absolute atomic E-state index is 0. The first kappa shape index (κ1) is 22.5. The third-order valence-corrected chi connectivity index (χ3v) is 3.07. The summed E-state index contributed by atoms with van der Waals surface area (Å²) in [4.78, 5) is 15.9. The predicted octanol–water partition coefficient (Wildman–Crippen LogP) is 3.84. The van der Waals surface area contributed by atoms with Crippen molar-refractivity contribution in [1.29, 1.82) is 0 Å². The van der Waals surface area contributed by atoms with Crippen LogP contribution < -0.4 is 15.8 Å². The maximum Gasteiger partial charge on any atom is 0.251 e. The lowest BCUT2D eigenvalue weighted by atomic mass is 10.1. The van der Waals surface area contributed by atoms with Crippen LogP contribution >= 0.6 is 36.4 Å². The summed E-state index contributed by atoms with van der Waals surface area (Å²) in [5.41, 5.74) is 5.82. The van der Waals surface area contributed by atoms with Crippen LogP contribution in [0, 0.1) is 0 Å². The molecule has 1 amide bonds. The number of nitrogens with two attached hydrogens (primary N) is 1. The number of ether oxygens (including phenoxy) is 1. The van der Waals surface area contributed by atoms with E-state index in [0.717, 1.165) is 0 Å². The van der Waals surface area contributed by atoms with E-state index < -0.39 is 5.54 Å². The van der Waals surface area contributed by atoms with E-state index in [1.54, 1.807) is 42.7 Å². The molecule has 2 rings (SSSR count). The smallest absolute Gasteiger partial charge is 0.251 e. The fraction of sp³-hybridized carbons (Fsp3) is 0.250. The van der Waals surface area contributed by atoms with Crippen molar-refractivity contribution in [1.82, 2.24) is 10.3 Å². The van der Waals surface area contributed by atoms with Gasteiger partial charge in [-0.3, -0.25) is 9.78 Å². The maximum atomic E-state index is 12.0. The molecule has 0 unspecified atom stereocenters. The highest BCUT2D eigenvalue weighted by Crippen LogP contribution is 2.29. The van der Waals surface area contributed by atoms with Gasteiger partial charge in [0.25, 0.3) is 5.91 Å². The van der Waals surface area contributed by atoms with Crippen LogP contribution in [0.25, 0.3) is 0 Å². The molecule has 0 radical (unpaired) electrons. The molecule has 1 heterocycles. The molecule has 8 heteroatoms. The van der Waals surface area contributed by atoms with Gasteiger partial charge in [-0.1, -0.05) is 11.6 Å². The van der Waals surface area contributed by atoms with Crippen LogP contribution in [0.3, 0.4) is 0 Å².